The Hall–Kier alpha value is -2.52. The molecular formula is C20H12BrNO. The van der Waals surface area contributed by atoms with Crippen LogP contribution in [-0.2, 0) is 0 Å². The molecule has 0 saturated heterocycles. The average Bonchev–Trinajstić information content (AvgIpc) is 2.73. The van der Waals surface area contributed by atoms with Crippen molar-refractivity contribution in [1.82, 2.24) is 4.98 Å². The Bertz CT molecular complexity index is 1090. The van der Waals surface area contributed by atoms with Gasteiger partial charge in [-0.1, -0.05) is 64.5 Å². The van der Waals surface area contributed by atoms with E-state index in [0.29, 0.717) is 16.3 Å². The lowest BCUT2D eigenvalue weighted by atomic mass is 10.1. The third-order valence-electron chi connectivity index (χ3n) is 3.96. The van der Waals surface area contributed by atoms with Gasteiger partial charge in [0, 0.05) is 27.0 Å². The van der Waals surface area contributed by atoms with Gasteiger partial charge in [-0.05, 0) is 29.1 Å². The summed E-state index contributed by atoms with van der Waals surface area (Å²) >= 11 is 3.50. The van der Waals surface area contributed by atoms with Crippen molar-refractivity contribution < 1.29 is 0 Å². The van der Waals surface area contributed by atoms with Gasteiger partial charge >= 0.3 is 0 Å². The molecule has 23 heavy (non-hydrogen) atoms. The number of aromatic nitrogens is 1. The molecule has 0 N–H and O–H groups in total. The highest BCUT2D eigenvalue weighted by molar-refractivity contribution is 9.10. The van der Waals surface area contributed by atoms with Crippen molar-refractivity contribution in [3.05, 3.63) is 87.6 Å². The molecule has 110 valence electrons. The van der Waals surface area contributed by atoms with Crippen LogP contribution in [0, 0.1) is 0 Å². The van der Waals surface area contributed by atoms with Crippen LogP contribution in [0.15, 0.2) is 82.2 Å². The Morgan fingerprint density at radius 2 is 1.65 bits per heavy atom. The lowest BCUT2D eigenvalue weighted by Gasteiger charge is -2.01. The van der Waals surface area contributed by atoms with Gasteiger partial charge in [-0.25, -0.2) is 0 Å². The zero-order valence-electron chi connectivity index (χ0n) is 12.2. The summed E-state index contributed by atoms with van der Waals surface area (Å²) in [5, 5.41) is 2.23. The molecular weight excluding hydrogens is 350 g/mol. The first-order chi connectivity index (χ1) is 11.2. The molecule has 0 aliphatic carbocycles. The monoisotopic (exact) mass is 361 g/mol. The minimum atomic E-state index is -0.00208. The van der Waals surface area contributed by atoms with Gasteiger partial charge in [0.05, 0.1) is 5.52 Å². The summed E-state index contributed by atoms with van der Waals surface area (Å²) in [5.41, 5.74) is 2.70. The van der Waals surface area contributed by atoms with E-state index in [0.717, 1.165) is 21.0 Å². The van der Waals surface area contributed by atoms with Crippen molar-refractivity contribution in [2.75, 3.05) is 0 Å². The summed E-state index contributed by atoms with van der Waals surface area (Å²) in [6.45, 7) is 0. The number of halogens is 1. The van der Waals surface area contributed by atoms with Crippen LogP contribution in [0.4, 0.5) is 0 Å². The summed E-state index contributed by atoms with van der Waals surface area (Å²) in [5.74, 6) is 0. The molecule has 1 aromatic heterocycles. The zero-order chi connectivity index (χ0) is 15.8. The molecule has 0 atom stereocenters. The third kappa shape index (κ3) is 2.43. The Kier molecular flexibility index (Phi) is 3.43. The number of pyridine rings is 1. The van der Waals surface area contributed by atoms with E-state index >= 15 is 0 Å². The maximum absolute atomic E-state index is 13.0. The highest BCUT2D eigenvalue weighted by Gasteiger charge is 2.08. The average molecular weight is 362 g/mol. The van der Waals surface area contributed by atoms with E-state index in [-0.39, 0.29) is 5.43 Å². The van der Waals surface area contributed by atoms with Crippen LogP contribution in [0.3, 0.4) is 0 Å². The van der Waals surface area contributed by atoms with Crippen LogP contribution >= 0.6 is 15.9 Å². The second-order valence-corrected chi connectivity index (χ2v) is 6.24. The predicted octanol–water partition coefficient (Wildman–Crippen LogP) is 5.18. The van der Waals surface area contributed by atoms with E-state index in [1.165, 1.54) is 0 Å². The maximum Gasteiger partial charge on any atom is 0.196 e. The van der Waals surface area contributed by atoms with Gasteiger partial charge in [-0.2, -0.15) is 0 Å². The number of hydrogen-bond donors (Lipinski definition) is 0. The van der Waals surface area contributed by atoms with Crippen molar-refractivity contribution in [3.63, 3.8) is 0 Å². The number of fused-ring (bicyclic) bond motifs is 2. The number of benzene rings is 2. The molecule has 0 amide bonds. The molecule has 0 spiro atoms. The first-order valence-corrected chi connectivity index (χ1v) is 8.10. The summed E-state index contributed by atoms with van der Waals surface area (Å²) < 4.78 is 0.808. The Balaban J connectivity index is 2.12. The smallest absolute Gasteiger partial charge is 0.196 e. The minimum Gasteiger partial charge on any atom is -0.288 e. The highest BCUT2D eigenvalue weighted by Crippen LogP contribution is 2.24. The van der Waals surface area contributed by atoms with Crippen molar-refractivity contribution >= 4 is 37.6 Å². The Labute approximate surface area is 141 Å². The molecule has 0 bridgehead atoms. The van der Waals surface area contributed by atoms with E-state index in [9.17, 15) is 4.79 Å². The van der Waals surface area contributed by atoms with Gasteiger partial charge < -0.3 is 0 Å². The summed E-state index contributed by atoms with van der Waals surface area (Å²) in [7, 11) is 0. The second kappa shape index (κ2) is 5.60. The van der Waals surface area contributed by atoms with Crippen molar-refractivity contribution in [2.45, 2.75) is 0 Å². The SMILES string of the molecule is O=c1c2cc(-c3ccccc3)cnc2ccc2cccc(Br)c12. The standard InChI is InChI=1S/C20H12BrNO/c21-17-8-4-7-14-9-10-18-16(20(23)19(14)17)11-15(12-22-18)13-5-2-1-3-6-13/h1-12H. The van der Waals surface area contributed by atoms with Gasteiger partial charge in [0.25, 0.3) is 0 Å². The lowest BCUT2D eigenvalue weighted by molar-refractivity contribution is 1.41. The van der Waals surface area contributed by atoms with Gasteiger partial charge in [-0.15, -0.1) is 0 Å². The molecule has 0 aliphatic rings. The van der Waals surface area contributed by atoms with E-state index in [2.05, 4.69) is 20.9 Å². The molecule has 0 radical (unpaired) electrons. The largest absolute Gasteiger partial charge is 0.288 e. The second-order valence-electron chi connectivity index (χ2n) is 5.39. The van der Waals surface area contributed by atoms with Gasteiger partial charge in [0.2, 0.25) is 0 Å². The molecule has 4 aromatic rings. The van der Waals surface area contributed by atoms with E-state index in [1.54, 1.807) is 0 Å². The van der Waals surface area contributed by atoms with Gasteiger partial charge in [0.15, 0.2) is 5.43 Å². The zero-order valence-corrected chi connectivity index (χ0v) is 13.7. The number of hydrogen-bond acceptors (Lipinski definition) is 2. The van der Waals surface area contributed by atoms with Crippen LogP contribution in [0.1, 0.15) is 0 Å². The van der Waals surface area contributed by atoms with Crippen LogP contribution < -0.4 is 5.43 Å². The van der Waals surface area contributed by atoms with Crippen molar-refractivity contribution in [3.8, 4) is 11.1 Å². The van der Waals surface area contributed by atoms with Crippen molar-refractivity contribution in [1.29, 1.82) is 0 Å². The van der Waals surface area contributed by atoms with Crippen LogP contribution in [0.25, 0.3) is 32.8 Å². The Morgan fingerprint density at radius 1 is 0.826 bits per heavy atom. The van der Waals surface area contributed by atoms with Crippen LogP contribution in [0.5, 0.6) is 0 Å². The van der Waals surface area contributed by atoms with Crippen LogP contribution in [-0.4, -0.2) is 4.98 Å². The molecule has 0 saturated carbocycles. The fourth-order valence-electron chi connectivity index (χ4n) is 2.80. The van der Waals surface area contributed by atoms with E-state index < -0.39 is 0 Å². The molecule has 2 nitrogen and oxygen atoms in total. The summed E-state index contributed by atoms with van der Waals surface area (Å²) in [6, 6.07) is 21.5. The maximum atomic E-state index is 13.0. The molecule has 0 unspecified atom stereocenters. The minimum absolute atomic E-state index is 0.00208. The van der Waals surface area contributed by atoms with Gasteiger partial charge in [0.1, 0.15) is 0 Å². The summed E-state index contributed by atoms with van der Waals surface area (Å²) in [4.78, 5) is 17.5. The molecule has 4 rings (SSSR count). The molecule has 3 heteroatoms. The molecule has 3 aromatic carbocycles. The molecule has 0 aliphatic heterocycles. The molecule has 1 heterocycles. The molecule has 0 fully saturated rings. The normalized spacial score (nSPS) is 11.0. The fraction of sp³-hybridized carbons (Fsp3) is 0. The third-order valence-corrected chi connectivity index (χ3v) is 4.62. The van der Waals surface area contributed by atoms with Crippen molar-refractivity contribution in [2.24, 2.45) is 0 Å². The predicted molar refractivity (Wildman–Crippen MR) is 98.7 cm³/mol. The number of nitrogens with zero attached hydrogens (tertiary/aromatic N) is 1. The quantitative estimate of drug-likeness (QED) is 0.467. The Morgan fingerprint density at radius 3 is 2.48 bits per heavy atom. The lowest BCUT2D eigenvalue weighted by Crippen LogP contribution is -2.00. The summed E-state index contributed by atoms with van der Waals surface area (Å²) in [6.07, 6.45) is 1.82. The van der Waals surface area contributed by atoms with E-state index in [1.807, 2.05) is 72.9 Å². The fourth-order valence-corrected chi connectivity index (χ4v) is 3.36. The highest BCUT2D eigenvalue weighted by atomic mass is 79.9. The van der Waals surface area contributed by atoms with Crippen LogP contribution in [0.2, 0.25) is 0 Å². The topological polar surface area (TPSA) is 30.0 Å². The van der Waals surface area contributed by atoms with Gasteiger partial charge in [-0.3, -0.25) is 9.78 Å². The van der Waals surface area contributed by atoms with E-state index in [4.69, 9.17) is 0 Å². The first-order valence-electron chi connectivity index (χ1n) is 7.31. The number of rotatable bonds is 1. The first kappa shape index (κ1) is 14.1.